The number of para-hydroxylation sites is 1. The van der Waals surface area contributed by atoms with Gasteiger partial charge in [0.25, 0.3) is 0 Å². The normalized spacial score (nSPS) is 11.2. The number of fused-ring (bicyclic) bond motifs is 1. The molecule has 149 valence electrons. The number of nitrogens with zero attached hydrogens (tertiary/aromatic N) is 1. The largest absolute Gasteiger partial charge is 0.512 e. The van der Waals surface area contributed by atoms with Crippen molar-refractivity contribution in [3.05, 3.63) is 72.5 Å². The van der Waals surface area contributed by atoms with Crippen molar-refractivity contribution in [1.29, 1.82) is 0 Å². The number of rotatable bonds is 3. The molecule has 2 aromatic carbocycles. The molecule has 0 fully saturated rings. The van der Waals surface area contributed by atoms with Gasteiger partial charge in [0, 0.05) is 26.2 Å². The number of hydrogen-bond acceptors (Lipinski definition) is 3. The molecule has 3 aromatic rings. The quantitative estimate of drug-likeness (QED) is 0.202. The topological polar surface area (TPSA) is 50.2 Å². The Labute approximate surface area is 181 Å². The fraction of sp³-hybridized carbons (Fsp3) is 0.217. The number of carbonyl (C=O) groups excluding carboxylic acids is 1. The second-order valence-corrected chi connectivity index (χ2v) is 12.6. The third kappa shape index (κ3) is 7.15. The van der Waals surface area contributed by atoms with Crippen LogP contribution in [-0.2, 0) is 24.9 Å². The molecule has 0 bridgehead atoms. The number of hydrogen-bond donors (Lipinski definition) is 1. The third-order valence-electron chi connectivity index (χ3n) is 3.95. The Morgan fingerprint density at radius 1 is 1.07 bits per heavy atom. The Bertz CT molecular complexity index is 973. The van der Waals surface area contributed by atoms with Gasteiger partial charge in [-0.05, 0) is 31.0 Å². The van der Waals surface area contributed by atoms with Gasteiger partial charge in [-0.15, -0.1) is 35.0 Å². The SMILES string of the molecule is CC(=O)C=C(C)O.C[Si](C)(C)c1cc[c-]c(-c2ccc3ccccc3n2)c1.[Ir]. The summed E-state index contributed by atoms with van der Waals surface area (Å²) < 4.78 is 0. The molecule has 0 amide bonds. The average molecular weight is 569 g/mol. The first-order valence-corrected chi connectivity index (χ1v) is 12.4. The molecule has 0 aliphatic rings. The number of aliphatic hydroxyl groups is 1. The maximum atomic E-state index is 10.0. The van der Waals surface area contributed by atoms with Gasteiger partial charge in [0.1, 0.15) is 0 Å². The van der Waals surface area contributed by atoms with Crippen molar-refractivity contribution in [1.82, 2.24) is 4.98 Å². The van der Waals surface area contributed by atoms with Gasteiger partial charge in [-0.3, -0.25) is 9.78 Å². The maximum absolute atomic E-state index is 10.0. The number of carbonyl (C=O) groups is 1. The van der Waals surface area contributed by atoms with Crippen molar-refractivity contribution in [2.24, 2.45) is 0 Å². The standard InChI is InChI=1S/C18H18NSi.C5H8O2.Ir/c1-20(2,3)16-9-6-8-15(13-16)18-12-11-14-7-4-5-10-17(14)19-18;1-4(6)3-5(2)7;/h4-7,9-13H,1-3H3;3,6H,1-2H3;/q-1;;. The van der Waals surface area contributed by atoms with Crippen LogP contribution in [0.5, 0.6) is 0 Å². The predicted octanol–water partition coefficient (Wildman–Crippen LogP) is 5.28. The fourth-order valence-electron chi connectivity index (χ4n) is 2.59. The van der Waals surface area contributed by atoms with Crippen molar-refractivity contribution in [2.45, 2.75) is 33.5 Å². The van der Waals surface area contributed by atoms with Crippen LogP contribution in [0.1, 0.15) is 13.8 Å². The van der Waals surface area contributed by atoms with Gasteiger partial charge in [0.15, 0.2) is 5.78 Å². The van der Waals surface area contributed by atoms with Crippen LogP contribution < -0.4 is 5.19 Å². The molecule has 3 rings (SSSR count). The van der Waals surface area contributed by atoms with Crippen LogP contribution in [0, 0.1) is 6.07 Å². The molecule has 5 heteroatoms. The molecule has 0 aliphatic carbocycles. The molecule has 1 heterocycles. The minimum Gasteiger partial charge on any atom is -0.512 e. The molecule has 0 spiro atoms. The van der Waals surface area contributed by atoms with Crippen LogP contribution in [-0.4, -0.2) is 23.9 Å². The average Bonchev–Trinajstić information content (AvgIpc) is 2.60. The Kier molecular flexibility index (Phi) is 8.96. The molecule has 0 atom stereocenters. The molecule has 0 saturated heterocycles. The number of benzene rings is 2. The number of allylic oxidation sites excluding steroid dienone is 2. The van der Waals surface area contributed by atoms with Gasteiger partial charge in [0.2, 0.25) is 0 Å². The molecule has 1 aromatic heterocycles. The number of aromatic nitrogens is 1. The van der Waals surface area contributed by atoms with Crippen molar-refractivity contribution < 1.29 is 30.0 Å². The molecule has 0 unspecified atom stereocenters. The Morgan fingerprint density at radius 3 is 2.32 bits per heavy atom. The zero-order chi connectivity index (χ0) is 20.0. The van der Waals surface area contributed by atoms with Crippen LogP contribution in [0.25, 0.3) is 22.2 Å². The summed E-state index contributed by atoms with van der Waals surface area (Å²) in [6, 6.07) is 22.2. The number of ketones is 1. The van der Waals surface area contributed by atoms with E-state index in [1.807, 2.05) is 18.2 Å². The summed E-state index contributed by atoms with van der Waals surface area (Å²) in [5.74, 6) is -0.0625. The van der Waals surface area contributed by atoms with Gasteiger partial charge in [-0.25, -0.2) is 0 Å². The molecule has 28 heavy (non-hydrogen) atoms. The summed E-state index contributed by atoms with van der Waals surface area (Å²) in [4.78, 5) is 14.8. The Balaban J connectivity index is 0.000000425. The van der Waals surface area contributed by atoms with Crippen LogP contribution in [0.2, 0.25) is 19.6 Å². The van der Waals surface area contributed by atoms with Gasteiger partial charge in [0.05, 0.1) is 19.3 Å². The molecule has 3 nitrogen and oxygen atoms in total. The Hall–Kier alpha value is -2.07. The Morgan fingerprint density at radius 2 is 1.75 bits per heavy atom. The van der Waals surface area contributed by atoms with Crippen molar-refractivity contribution in [3.8, 4) is 11.3 Å². The van der Waals surface area contributed by atoms with E-state index in [1.165, 1.54) is 30.5 Å². The number of aliphatic hydroxyl groups excluding tert-OH is 1. The van der Waals surface area contributed by atoms with E-state index >= 15 is 0 Å². The molecule has 0 aliphatic heterocycles. The predicted molar refractivity (Wildman–Crippen MR) is 116 cm³/mol. The van der Waals surface area contributed by atoms with E-state index in [9.17, 15) is 4.79 Å². The smallest absolute Gasteiger partial charge is 0.155 e. The minimum atomic E-state index is -1.30. The molecule has 1 N–H and O–H groups in total. The zero-order valence-corrected chi connectivity index (χ0v) is 20.3. The van der Waals surface area contributed by atoms with E-state index in [2.05, 4.69) is 62.1 Å². The summed E-state index contributed by atoms with van der Waals surface area (Å²) in [5, 5.41) is 11.0. The minimum absolute atomic E-state index is 0. The molecular weight excluding hydrogens is 543 g/mol. The fourth-order valence-corrected chi connectivity index (χ4v) is 3.75. The monoisotopic (exact) mass is 569 g/mol. The van der Waals surface area contributed by atoms with E-state index in [4.69, 9.17) is 10.1 Å². The van der Waals surface area contributed by atoms with E-state index in [0.717, 1.165) is 16.8 Å². The first-order chi connectivity index (χ1) is 12.7. The first-order valence-electron chi connectivity index (χ1n) is 8.93. The summed E-state index contributed by atoms with van der Waals surface area (Å²) >= 11 is 0. The van der Waals surface area contributed by atoms with Crippen molar-refractivity contribution in [3.63, 3.8) is 0 Å². The van der Waals surface area contributed by atoms with Crippen molar-refractivity contribution in [2.75, 3.05) is 0 Å². The summed E-state index contributed by atoms with van der Waals surface area (Å²) in [5.41, 5.74) is 3.14. The number of pyridine rings is 1. The maximum Gasteiger partial charge on any atom is 0.155 e. The second kappa shape index (κ2) is 10.5. The second-order valence-electron chi connectivity index (χ2n) is 7.53. The van der Waals surface area contributed by atoms with Gasteiger partial charge in [-0.2, -0.15) is 0 Å². The summed E-state index contributed by atoms with van der Waals surface area (Å²) in [7, 11) is -1.30. The summed E-state index contributed by atoms with van der Waals surface area (Å²) in [6.07, 6.45) is 1.17. The van der Waals surface area contributed by atoms with E-state index < -0.39 is 8.07 Å². The van der Waals surface area contributed by atoms with Crippen LogP contribution >= 0.6 is 0 Å². The first kappa shape index (κ1) is 24.0. The molecule has 0 saturated carbocycles. The van der Waals surface area contributed by atoms with Gasteiger partial charge >= 0.3 is 0 Å². The van der Waals surface area contributed by atoms with Gasteiger partial charge in [-0.1, -0.05) is 50.0 Å². The van der Waals surface area contributed by atoms with E-state index in [1.54, 1.807) is 0 Å². The van der Waals surface area contributed by atoms with Crippen LogP contribution in [0.15, 0.2) is 66.4 Å². The van der Waals surface area contributed by atoms with Crippen LogP contribution in [0.4, 0.5) is 0 Å². The summed E-state index contributed by atoms with van der Waals surface area (Å²) in [6.45, 7) is 9.93. The molecule has 1 radical (unpaired) electrons. The van der Waals surface area contributed by atoms with Crippen molar-refractivity contribution >= 4 is 29.9 Å². The van der Waals surface area contributed by atoms with Crippen LogP contribution in [0.3, 0.4) is 0 Å². The molecular formula is C23H26IrNO2Si-. The van der Waals surface area contributed by atoms with Gasteiger partial charge < -0.3 is 5.11 Å². The zero-order valence-electron chi connectivity index (χ0n) is 16.9. The van der Waals surface area contributed by atoms with E-state index in [0.29, 0.717) is 0 Å². The van der Waals surface area contributed by atoms with E-state index in [-0.39, 0.29) is 31.6 Å². The third-order valence-corrected chi connectivity index (χ3v) is 6.00.